The van der Waals surface area contributed by atoms with E-state index in [1.54, 1.807) is 0 Å². The Labute approximate surface area is 127 Å². The lowest BCUT2D eigenvalue weighted by atomic mass is 9.97. The first kappa shape index (κ1) is 14.2. The van der Waals surface area contributed by atoms with Gasteiger partial charge in [0.15, 0.2) is 0 Å². The molecule has 21 heavy (non-hydrogen) atoms. The first-order valence-electron chi connectivity index (χ1n) is 8.23. The van der Waals surface area contributed by atoms with Gasteiger partial charge in [0.1, 0.15) is 0 Å². The van der Waals surface area contributed by atoms with Crippen LogP contribution in [0.25, 0.3) is 11.3 Å². The molecule has 3 nitrogen and oxygen atoms in total. The van der Waals surface area contributed by atoms with Gasteiger partial charge in [-0.3, -0.25) is 0 Å². The van der Waals surface area contributed by atoms with Crippen molar-refractivity contribution in [1.29, 1.82) is 0 Å². The molecule has 0 aliphatic carbocycles. The van der Waals surface area contributed by atoms with Gasteiger partial charge in [-0.2, -0.15) is 0 Å². The summed E-state index contributed by atoms with van der Waals surface area (Å²) in [6.45, 7) is 5.60. The molecule has 1 atom stereocenters. The van der Waals surface area contributed by atoms with Gasteiger partial charge in [-0.15, -0.1) is 0 Å². The Balaban J connectivity index is 2.04. The second kappa shape index (κ2) is 6.33. The second-order valence-corrected chi connectivity index (χ2v) is 5.91. The molecular weight excluding hydrogens is 258 g/mol. The van der Waals surface area contributed by atoms with Crippen molar-refractivity contribution < 1.29 is 0 Å². The van der Waals surface area contributed by atoms with Crippen molar-refractivity contribution in [3.8, 4) is 11.3 Å². The average Bonchev–Trinajstić information content (AvgIpc) is 3.01. The first-order valence-corrected chi connectivity index (χ1v) is 8.23. The molecule has 112 valence electrons. The third-order valence-electron chi connectivity index (χ3n) is 4.50. The fourth-order valence-corrected chi connectivity index (χ4v) is 3.40. The summed E-state index contributed by atoms with van der Waals surface area (Å²) in [5.74, 6) is 0. The van der Waals surface area contributed by atoms with Gasteiger partial charge in [-0.1, -0.05) is 38.5 Å². The van der Waals surface area contributed by atoms with E-state index in [9.17, 15) is 0 Å². The number of benzene rings is 1. The van der Waals surface area contributed by atoms with Crippen molar-refractivity contribution >= 4 is 5.69 Å². The van der Waals surface area contributed by atoms with E-state index in [0.29, 0.717) is 6.04 Å². The summed E-state index contributed by atoms with van der Waals surface area (Å²) in [7, 11) is 0. The van der Waals surface area contributed by atoms with Crippen molar-refractivity contribution in [1.82, 2.24) is 9.55 Å². The number of rotatable bonds is 5. The number of imidazole rings is 1. The van der Waals surface area contributed by atoms with Crippen LogP contribution in [0.5, 0.6) is 0 Å². The van der Waals surface area contributed by atoms with Crippen molar-refractivity contribution in [3.63, 3.8) is 0 Å². The standard InChI is InChI=1S/C18H25N3/c1-3-7-15(4-2)21-13-19-12-17(21)16-10-5-8-14-9-6-11-20-18(14)16/h5,8,10,12-13,15,20H,3-4,6-7,9,11H2,1-2H3. The molecule has 0 spiro atoms. The van der Waals surface area contributed by atoms with E-state index in [4.69, 9.17) is 0 Å². The zero-order chi connectivity index (χ0) is 14.7. The summed E-state index contributed by atoms with van der Waals surface area (Å²) >= 11 is 0. The first-order chi connectivity index (χ1) is 10.3. The summed E-state index contributed by atoms with van der Waals surface area (Å²) in [6, 6.07) is 7.20. The Kier molecular flexibility index (Phi) is 4.28. The molecule has 3 heteroatoms. The summed E-state index contributed by atoms with van der Waals surface area (Å²) in [5, 5.41) is 3.59. The lowest BCUT2D eigenvalue weighted by Crippen LogP contribution is -2.14. The van der Waals surface area contributed by atoms with Crippen molar-refractivity contribution in [3.05, 3.63) is 36.3 Å². The third kappa shape index (κ3) is 2.69. The Morgan fingerprint density at radius 2 is 2.24 bits per heavy atom. The Morgan fingerprint density at radius 3 is 3.05 bits per heavy atom. The number of nitrogens with one attached hydrogen (secondary N) is 1. The summed E-state index contributed by atoms with van der Waals surface area (Å²) in [4.78, 5) is 4.43. The largest absolute Gasteiger partial charge is 0.384 e. The minimum absolute atomic E-state index is 0.548. The van der Waals surface area contributed by atoms with E-state index in [0.717, 1.165) is 13.0 Å². The Morgan fingerprint density at radius 1 is 1.33 bits per heavy atom. The number of nitrogens with zero attached hydrogens (tertiary/aromatic N) is 2. The van der Waals surface area contributed by atoms with Crippen LogP contribution in [0.1, 0.15) is 51.1 Å². The monoisotopic (exact) mass is 283 g/mol. The zero-order valence-corrected chi connectivity index (χ0v) is 13.1. The zero-order valence-electron chi connectivity index (χ0n) is 13.1. The van der Waals surface area contributed by atoms with Gasteiger partial charge in [0, 0.05) is 23.8 Å². The number of aromatic nitrogens is 2. The number of anilines is 1. The molecule has 0 fully saturated rings. The lowest BCUT2D eigenvalue weighted by Gasteiger charge is -2.24. The molecule has 2 heterocycles. The van der Waals surface area contributed by atoms with Crippen LogP contribution >= 0.6 is 0 Å². The van der Waals surface area contributed by atoms with Crippen LogP contribution in [-0.2, 0) is 6.42 Å². The summed E-state index contributed by atoms with van der Waals surface area (Å²) < 4.78 is 2.37. The van der Waals surface area contributed by atoms with Crippen LogP contribution in [0.15, 0.2) is 30.7 Å². The van der Waals surface area contributed by atoms with Gasteiger partial charge in [0.25, 0.3) is 0 Å². The molecule has 1 aromatic heterocycles. The quantitative estimate of drug-likeness (QED) is 0.865. The van der Waals surface area contributed by atoms with Crippen molar-refractivity contribution in [2.75, 3.05) is 11.9 Å². The SMILES string of the molecule is CCCC(CC)n1cncc1-c1cccc2c1NCCC2. The van der Waals surface area contributed by atoms with E-state index in [1.165, 1.54) is 48.2 Å². The molecule has 3 rings (SSSR count). The highest BCUT2D eigenvalue weighted by Gasteiger charge is 2.18. The minimum Gasteiger partial charge on any atom is -0.384 e. The molecule has 0 bridgehead atoms. The van der Waals surface area contributed by atoms with Gasteiger partial charge in [0.2, 0.25) is 0 Å². The topological polar surface area (TPSA) is 29.9 Å². The molecule has 2 aromatic rings. The van der Waals surface area contributed by atoms with E-state index < -0.39 is 0 Å². The predicted octanol–water partition coefficient (Wildman–Crippen LogP) is 4.66. The number of fused-ring (bicyclic) bond motifs is 1. The van der Waals surface area contributed by atoms with Crippen LogP contribution in [0.3, 0.4) is 0 Å². The van der Waals surface area contributed by atoms with Crippen LogP contribution in [0.2, 0.25) is 0 Å². The van der Waals surface area contributed by atoms with E-state index in [-0.39, 0.29) is 0 Å². The molecule has 0 saturated carbocycles. The smallest absolute Gasteiger partial charge is 0.0953 e. The van der Waals surface area contributed by atoms with Crippen LogP contribution in [-0.4, -0.2) is 16.1 Å². The fourth-order valence-electron chi connectivity index (χ4n) is 3.40. The van der Waals surface area contributed by atoms with Crippen LogP contribution < -0.4 is 5.32 Å². The van der Waals surface area contributed by atoms with Crippen LogP contribution in [0, 0.1) is 0 Å². The normalized spacial score (nSPS) is 15.3. The summed E-state index contributed by atoms with van der Waals surface area (Å²) in [5.41, 5.74) is 5.31. The maximum Gasteiger partial charge on any atom is 0.0953 e. The molecule has 1 aliphatic heterocycles. The van der Waals surface area contributed by atoms with Gasteiger partial charge < -0.3 is 9.88 Å². The number of hydrogen-bond acceptors (Lipinski definition) is 2. The average molecular weight is 283 g/mol. The van der Waals surface area contributed by atoms with Gasteiger partial charge >= 0.3 is 0 Å². The molecule has 0 radical (unpaired) electrons. The lowest BCUT2D eigenvalue weighted by molar-refractivity contribution is 0.451. The van der Waals surface area contributed by atoms with Gasteiger partial charge in [-0.25, -0.2) is 4.98 Å². The van der Waals surface area contributed by atoms with Crippen molar-refractivity contribution in [2.24, 2.45) is 0 Å². The molecule has 1 aliphatic rings. The summed E-state index contributed by atoms with van der Waals surface area (Å²) in [6.07, 6.45) is 9.99. The number of para-hydroxylation sites is 1. The molecule has 1 aromatic carbocycles. The van der Waals surface area contributed by atoms with Crippen molar-refractivity contribution in [2.45, 2.75) is 52.0 Å². The Hall–Kier alpha value is -1.77. The molecule has 0 amide bonds. The van der Waals surface area contributed by atoms with Gasteiger partial charge in [0.05, 0.1) is 18.2 Å². The molecular formula is C18H25N3. The maximum atomic E-state index is 4.43. The van der Waals surface area contributed by atoms with E-state index in [1.807, 2.05) is 12.5 Å². The van der Waals surface area contributed by atoms with Crippen LogP contribution in [0.4, 0.5) is 5.69 Å². The predicted molar refractivity (Wildman–Crippen MR) is 88.7 cm³/mol. The third-order valence-corrected chi connectivity index (χ3v) is 4.50. The van der Waals surface area contributed by atoms with E-state index in [2.05, 4.69) is 46.9 Å². The molecule has 1 unspecified atom stereocenters. The molecule has 1 N–H and O–H groups in total. The fraction of sp³-hybridized carbons (Fsp3) is 0.500. The maximum absolute atomic E-state index is 4.43. The number of hydrogen-bond donors (Lipinski definition) is 1. The highest BCUT2D eigenvalue weighted by atomic mass is 15.1. The highest BCUT2D eigenvalue weighted by Crippen LogP contribution is 2.35. The Bertz CT molecular complexity index is 600. The minimum atomic E-state index is 0.548. The van der Waals surface area contributed by atoms with E-state index >= 15 is 0 Å². The number of aryl methyl sites for hydroxylation is 1. The second-order valence-electron chi connectivity index (χ2n) is 5.91. The highest BCUT2D eigenvalue weighted by molar-refractivity contribution is 5.79. The molecule has 0 saturated heterocycles. The van der Waals surface area contributed by atoms with Gasteiger partial charge in [-0.05, 0) is 31.2 Å².